The number of hydrogen-bond donors (Lipinski definition) is 1. The van der Waals surface area contributed by atoms with Crippen LogP contribution >= 0.6 is 0 Å². The molecular weight excluding hydrogens is 530 g/mol. The lowest BCUT2D eigenvalue weighted by Crippen LogP contribution is -2.45. The fraction of sp³-hybridized carbons (Fsp3) is 0.867. The Balaban J connectivity index is 5.38. The molecule has 0 spiro atoms. The third kappa shape index (κ3) is 21.2. The second-order valence-corrected chi connectivity index (χ2v) is 14.1. The highest BCUT2D eigenvalue weighted by Crippen LogP contribution is 2.16. The third-order valence-corrected chi connectivity index (χ3v) is 5.06. The lowest BCUT2D eigenvalue weighted by Gasteiger charge is -2.29. The molecule has 11 heteroatoms. The maximum Gasteiger partial charge on any atom is 0.322 e. The summed E-state index contributed by atoms with van der Waals surface area (Å²) >= 11 is 0. The zero-order chi connectivity index (χ0) is 32.2. The Morgan fingerprint density at radius 3 is 1.32 bits per heavy atom. The molecule has 0 fully saturated rings. The Kier molecular flexibility index (Phi) is 15.5. The minimum atomic E-state index is -1.14. The largest absolute Gasteiger partial charge is 0.459 e. The average Bonchev–Trinajstić information content (AvgIpc) is 2.70. The maximum absolute atomic E-state index is 12.8. The smallest absolute Gasteiger partial charge is 0.322 e. The molecule has 0 unspecified atom stereocenters. The molecule has 0 saturated heterocycles. The van der Waals surface area contributed by atoms with Gasteiger partial charge >= 0.3 is 23.9 Å². The second kappa shape index (κ2) is 16.4. The molecule has 11 nitrogen and oxygen atoms in total. The zero-order valence-electron chi connectivity index (χ0n) is 27.9. The SMILES string of the molecule is CCN(CCN(CCNCC(C(=O)OC(C)(C)C)C(=O)OC(C)(C)C)CC(=O)OC(C)(C)C)CC(=O)OC(C)(C)C. The molecule has 0 aromatic carbocycles. The van der Waals surface area contributed by atoms with Crippen LogP contribution in [0.25, 0.3) is 0 Å². The molecule has 0 saturated carbocycles. The summed E-state index contributed by atoms with van der Waals surface area (Å²) in [6.07, 6.45) is 0. The van der Waals surface area contributed by atoms with Gasteiger partial charge in [-0.1, -0.05) is 6.92 Å². The van der Waals surface area contributed by atoms with E-state index in [0.717, 1.165) is 0 Å². The highest BCUT2D eigenvalue weighted by Gasteiger charge is 2.34. The number of nitrogens with one attached hydrogen (secondary N) is 1. The van der Waals surface area contributed by atoms with Crippen molar-refractivity contribution < 1.29 is 38.1 Å². The van der Waals surface area contributed by atoms with Crippen LogP contribution in [0.5, 0.6) is 0 Å². The van der Waals surface area contributed by atoms with E-state index in [1.165, 1.54) is 0 Å². The normalized spacial score (nSPS) is 13.0. The van der Waals surface area contributed by atoms with Gasteiger partial charge in [0.25, 0.3) is 0 Å². The first-order valence-electron chi connectivity index (χ1n) is 14.5. The monoisotopic (exact) mass is 587 g/mol. The third-order valence-electron chi connectivity index (χ3n) is 5.06. The van der Waals surface area contributed by atoms with E-state index in [2.05, 4.69) is 5.32 Å². The van der Waals surface area contributed by atoms with E-state index in [-0.39, 0.29) is 31.6 Å². The van der Waals surface area contributed by atoms with E-state index < -0.39 is 40.3 Å². The molecular formula is C30H57N3O8. The van der Waals surface area contributed by atoms with Gasteiger partial charge in [-0.3, -0.25) is 29.0 Å². The van der Waals surface area contributed by atoms with E-state index >= 15 is 0 Å². The fourth-order valence-electron chi connectivity index (χ4n) is 3.51. The Bertz CT molecular complexity index is 820. The summed E-state index contributed by atoms with van der Waals surface area (Å²) in [5.41, 5.74) is -2.71. The summed E-state index contributed by atoms with van der Waals surface area (Å²) in [5.74, 6) is -3.14. The van der Waals surface area contributed by atoms with E-state index in [9.17, 15) is 19.2 Å². The molecule has 0 radical (unpaired) electrons. The molecule has 0 aromatic heterocycles. The minimum Gasteiger partial charge on any atom is -0.459 e. The molecule has 0 atom stereocenters. The summed E-state index contributed by atoms with van der Waals surface area (Å²) in [5, 5.41) is 3.15. The van der Waals surface area contributed by atoms with Crippen LogP contribution in [0.4, 0.5) is 0 Å². The van der Waals surface area contributed by atoms with Crippen molar-refractivity contribution >= 4 is 23.9 Å². The number of esters is 4. The van der Waals surface area contributed by atoms with Gasteiger partial charge < -0.3 is 24.3 Å². The van der Waals surface area contributed by atoms with Crippen LogP contribution in [0.3, 0.4) is 0 Å². The van der Waals surface area contributed by atoms with Crippen LogP contribution in [0.1, 0.15) is 90.0 Å². The van der Waals surface area contributed by atoms with Crippen LogP contribution in [0, 0.1) is 5.92 Å². The molecule has 1 N–H and O–H groups in total. The lowest BCUT2D eigenvalue weighted by molar-refractivity contribution is -0.174. The molecule has 0 rings (SSSR count). The molecule has 0 aliphatic heterocycles. The van der Waals surface area contributed by atoms with Crippen molar-refractivity contribution in [3.8, 4) is 0 Å². The number of likely N-dealkylation sites (N-methyl/N-ethyl adjacent to an activating group) is 1. The van der Waals surface area contributed by atoms with Gasteiger partial charge in [0.15, 0.2) is 5.92 Å². The van der Waals surface area contributed by atoms with Crippen LogP contribution in [0.2, 0.25) is 0 Å². The standard InChI is InChI=1S/C30H57N3O8/c1-14-32(20-23(34)38-27(2,3)4)17-18-33(21-24(35)39-28(5,6)7)16-15-31-19-22(25(36)40-29(8,9)10)26(37)41-30(11,12)13/h22,31H,14-21H2,1-13H3. The number of rotatable bonds is 15. The molecule has 41 heavy (non-hydrogen) atoms. The Hall–Kier alpha value is -2.24. The van der Waals surface area contributed by atoms with E-state index in [1.807, 2.05) is 58.3 Å². The van der Waals surface area contributed by atoms with Crippen molar-refractivity contribution in [2.75, 3.05) is 52.4 Å². The topological polar surface area (TPSA) is 124 Å². The molecule has 0 aromatic rings. The molecule has 0 bridgehead atoms. The van der Waals surface area contributed by atoms with Gasteiger partial charge in [-0.05, 0) is 89.6 Å². The van der Waals surface area contributed by atoms with Gasteiger partial charge in [0.2, 0.25) is 0 Å². The van der Waals surface area contributed by atoms with Crippen molar-refractivity contribution in [3.63, 3.8) is 0 Å². The van der Waals surface area contributed by atoms with E-state index in [0.29, 0.717) is 32.7 Å². The van der Waals surface area contributed by atoms with Crippen molar-refractivity contribution in [3.05, 3.63) is 0 Å². The summed E-state index contributed by atoms with van der Waals surface area (Å²) in [6.45, 7) is 25.9. The van der Waals surface area contributed by atoms with Gasteiger partial charge in [-0.15, -0.1) is 0 Å². The maximum atomic E-state index is 12.8. The minimum absolute atomic E-state index is 0.0177. The number of carbonyl (C=O) groups excluding carboxylic acids is 4. The van der Waals surface area contributed by atoms with Crippen molar-refractivity contribution in [2.24, 2.45) is 5.92 Å². The summed E-state index contributed by atoms with van der Waals surface area (Å²) < 4.78 is 21.9. The van der Waals surface area contributed by atoms with Crippen molar-refractivity contribution in [2.45, 2.75) is 112 Å². The molecule has 0 aliphatic rings. The van der Waals surface area contributed by atoms with Gasteiger partial charge in [0.1, 0.15) is 22.4 Å². The molecule has 0 amide bonds. The average molecular weight is 588 g/mol. The van der Waals surface area contributed by atoms with Crippen molar-refractivity contribution in [1.82, 2.24) is 15.1 Å². The zero-order valence-corrected chi connectivity index (χ0v) is 27.9. The van der Waals surface area contributed by atoms with Gasteiger partial charge in [0, 0.05) is 32.7 Å². The quantitative estimate of drug-likeness (QED) is 0.131. The summed E-state index contributed by atoms with van der Waals surface area (Å²) in [4.78, 5) is 54.4. The molecule has 0 heterocycles. The summed E-state index contributed by atoms with van der Waals surface area (Å²) in [6, 6.07) is 0. The highest BCUT2D eigenvalue weighted by atomic mass is 16.6. The van der Waals surface area contributed by atoms with Crippen molar-refractivity contribution in [1.29, 1.82) is 0 Å². The molecule has 240 valence electrons. The first-order chi connectivity index (χ1) is 18.4. The molecule has 0 aliphatic carbocycles. The van der Waals surface area contributed by atoms with E-state index in [1.54, 1.807) is 41.5 Å². The van der Waals surface area contributed by atoms with E-state index in [4.69, 9.17) is 18.9 Å². The Morgan fingerprint density at radius 1 is 0.585 bits per heavy atom. The van der Waals surface area contributed by atoms with Crippen LogP contribution in [-0.4, -0.2) is 108 Å². The number of ether oxygens (including phenoxy) is 4. The predicted molar refractivity (Wildman–Crippen MR) is 158 cm³/mol. The fourth-order valence-corrected chi connectivity index (χ4v) is 3.51. The van der Waals surface area contributed by atoms with Gasteiger partial charge in [0.05, 0.1) is 13.1 Å². The number of hydrogen-bond acceptors (Lipinski definition) is 11. The Labute approximate surface area is 247 Å². The highest BCUT2D eigenvalue weighted by molar-refractivity contribution is 5.95. The second-order valence-electron chi connectivity index (χ2n) is 14.1. The van der Waals surface area contributed by atoms with Gasteiger partial charge in [-0.25, -0.2) is 0 Å². The first-order valence-corrected chi connectivity index (χ1v) is 14.5. The first kappa shape index (κ1) is 38.8. The van der Waals surface area contributed by atoms with Gasteiger partial charge in [-0.2, -0.15) is 0 Å². The number of carbonyl (C=O) groups is 4. The van der Waals surface area contributed by atoms with Crippen LogP contribution in [-0.2, 0) is 38.1 Å². The Morgan fingerprint density at radius 2 is 0.951 bits per heavy atom. The number of nitrogens with zero attached hydrogens (tertiary/aromatic N) is 2. The summed E-state index contributed by atoms with van der Waals surface area (Å²) in [7, 11) is 0. The van der Waals surface area contributed by atoms with Crippen LogP contribution < -0.4 is 5.32 Å². The lowest BCUT2D eigenvalue weighted by atomic mass is 10.1. The predicted octanol–water partition coefficient (Wildman–Crippen LogP) is 3.18. The van der Waals surface area contributed by atoms with Crippen LogP contribution in [0.15, 0.2) is 0 Å².